The Morgan fingerprint density at radius 2 is 1.31 bits per heavy atom. The third-order valence-corrected chi connectivity index (χ3v) is 6.06. The molecular weight excluding hydrogens is 452 g/mol. The van der Waals surface area contributed by atoms with Crippen LogP contribution in [0.4, 0.5) is 5.69 Å². The number of nitrogen functional groups attached to an aromatic ring is 1. The average molecular weight is 505 g/mol. The average Bonchev–Trinajstić information content (AvgIpc) is 2.88. The summed E-state index contributed by atoms with van der Waals surface area (Å²) in [6.07, 6.45) is 16.3. The first-order chi connectivity index (χ1) is 17.5. The number of para-hydroxylation sites is 1. The third kappa shape index (κ3) is 16.3. The first kappa shape index (κ1) is 33.6. The van der Waals surface area contributed by atoms with Gasteiger partial charge in [0.25, 0.3) is 0 Å². The number of anilines is 1. The molecule has 0 fully saturated rings. The molecule has 6 nitrogen and oxygen atoms in total. The number of ether oxygens (including phenoxy) is 1. The van der Waals surface area contributed by atoms with E-state index in [4.69, 9.17) is 10.5 Å². The minimum Gasteiger partial charge on any atom is -0.464 e. The number of rotatable bonds is 20. The molecule has 0 saturated heterocycles. The number of hydrogen-bond donors (Lipinski definition) is 2. The number of amides is 1. The lowest BCUT2D eigenvalue weighted by atomic mass is 10.0. The molecule has 0 bridgehead atoms. The fraction of sp³-hybridized carbons (Fsp3) is 0.700. The topological polar surface area (TPSA) is 98.5 Å². The van der Waals surface area contributed by atoms with Crippen molar-refractivity contribution in [1.82, 2.24) is 5.32 Å². The predicted molar refractivity (Wildman–Crippen MR) is 150 cm³/mol. The molecular formula is C30H52N2O4. The lowest BCUT2D eigenvalue weighted by Crippen LogP contribution is -2.43. The molecule has 1 atom stereocenters. The third-order valence-electron chi connectivity index (χ3n) is 6.06. The van der Waals surface area contributed by atoms with Crippen molar-refractivity contribution in [2.24, 2.45) is 0 Å². The monoisotopic (exact) mass is 504 g/mol. The van der Waals surface area contributed by atoms with Crippen molar-refractivity contribution >= 4 is 23.3 Å². The largest absolute Gasteiger partial charge is 0.464 e. The molecule has 3 N–H and O–H groups in total. The second-order valence-electron chi connectivity index (χ2n) is 9.08. The molecule has 0 spiro atoms. The molecule has 0 heterocycles. The molecule has 6 heteroatoms. The summed E-state index contributed by atoms with van der Waals surface area (Å²) in [5.74, 6) is -1.11. The van der Waals surface area contributed by atoms with E-state index in [1.54, 1.807) is 31.2 Å². The van der Waals surface area contributed by atoms with Gasteiger partial charge in [-0.2, -0.15) is 0 Å². The highest BCUT2D eigenvalue weighted by molar-refractivity contribution is 6.03. The van der Waals surface area contributed by atoms with Gasteiger partial charge in [-0.25, -0.2) is 4.79 Å². The molecule has 0 aliphatic rings. The summed E-state index contributed by atoms with van der Waals surface area (Å²) in [7, 11) is 0. The Morgan fingerprint density at radius 1 is 0.806 bits per heavy atom. The van der Waals surface area contributed by atoms with E-state index >= 15 is 0 Å². The van der Waals surface area contributed by atoms with Crippen LogP contribution in [0.3, 0.4) is 0 Å². The molecule has 36 heavy (non-hydrogen) atoms. The van der Waals surface area contributed by atoms with Gasteiger partial charge >= 0.3 is 5.97 Å². The molecule has 1 rings (SSSR count). The number of ketones is 1. The van der Waals surface area contributed by atoms with Crippen LogP contribution >= 0.6 is 0 Å². The molecule has 0 aromatic heterocycles. The van der Waals surface area contributed by atoms with Crippen LogP contribution in [0.2, 0.25) is 0 Å². The Bertz CT molecular complexity index is 721. The van der Waals surface area contributed by atoms with Crippen LogP contribution in [0.15, 0.2) is 24.3 Å². The predicted octanol–water partition coefficient (Wildman–Crippen LogP) is 7.40. The van der Waals surface area contributed by atoms with Crippen LogP contribution in [0.5, 0.6) is 0 Å². The molecule has 0 aliphatic carbocycles. The maximum absolute atomic E-state index is 12.6. The number of unbranched alkanes of at least 4 members (excludes halogenated alkanes) is 12. The number of carbonyl (C=O) groups excluding carboxylic acids is 3. The molecule has 1 unspecified atom stereocenters. The summed E-state index contributed by atoms with van der Waals surface area (Å²) in [6.45, 7) is 8.13. The zero-order chi connectivity index (χ0) is 27.0. The van der Waals surface area contributed by atoms with Crippen molar-refractivity contribution in [3.05, 3.63) is 29.8 Å². The van der Waals surface area contributed by atoms with Crippen LogP contribution in [0.1, 0.15) is 134 Å². The number of nitrogens with one attached hydrogen (secondary N) is 1. The van der Waals surface area contributed by atoms with Crippen molar-refractivity contribution in [1.29, 1.82) is 0 Å². The zero-order valence-electron chi connectivity index (χ0n) is 23.4. The quantitative estimate of drug-likeness (QED) is 0.0834. The van der Waals surface area contributed by atoms with Crippen LogP contribution in [-0.2, 0) is 14.3 Å². The molecule has 1 aromatic carbocycles. The first-order valence-electron chi connectivity index (χ1n) is 14.3. The Hall–Kier alpha value is -2.37. The number of nitrogens with two attached hydrogens (primary N) is 1. The molecule has 1 aromatic rings. The van der Waals surface area contributed by atoms with Gasteiger partial charge in [0.15, 0.2) is 5.78 Å². The van der Waals surface area contributed by atoms with Crippen molar-refractivity contribution in [2.75, 3.05) is 12.3 Å². The van der Waals surface area contributed by atoms with E-state index in [-0.39, 0.29) is 24.7 Å². The maximum atomic E-state index is 12.6. The minimum atomic E-state index is -0.999. The fourth-order valence-corrected chi connectivity index (χ4v) is 4.05. The molecule has 0 aliphatic heterocycles. The number of benzene rings is 1. The standard InChI is InChI=1S/C28H46N2O4.C2H6/c1-3-5-6-7-8-9-10-11-12-13-14-15-16-21-27(32)30-25(28(33)34-4-2)22-26(31)23-19-17-18-20-24(23)29;1-2/h17-20,25H,3-16,21-22,29H2,1-2H3,(H,30,32);1-2H3. The van der Waals surface area contributed by atoms with Gasteiger partial charge in [-0.1, -0.05) is 110 Å². The van der Waals surface area contributed by atoms with Crippen molar-refractivity contribution in [3.8, 4) is 0 Å². The van der Waals surface area contributed by atoms with Crippen LogP contribution in [0.25, 0.3) is 0 Å². The van der Waals surface area contributed by atoms with Gasteiger partial charge in [0.05, 0.1) is 6.61 Å². The van der Waals surface area contributed by atoms with Gasteiger partial charge in [0.1, 0.15) is 6.04 Å². The summed E-state index contributed by atoms with van der Waals surface area (Å²) in [4.78, 5) is 37.3. The van der Waals surface area contributed by atoms with Gasteiger partial charge < -0.3 is 15.8 Å². The Morgan fingerprint density at radius 3 is 1.81 bits per heavy atom. The highest BCUT2D eigenvalue weighted by Crippen LogP contribution is 2.15. The van der Waals surface area contributed by atoms with Gasteiger partial charge in [-0.05, 0) is 25.5 Å². The normalized spacial score (nSPS) is 11.2. The van der Waals surface area contributed by atoms with Crippen LogP contribution in [-0.4, -0.2) is 30.3 Å². The molecule has 0 saturated carbocycles. The Labute approximate surface area is 220 Å². The zero-order valence-corrected chi connectivity index (χ0v) is 23.4. The van der Waals surface area contributed by atoms with Gasteiger partial charge in [0, 0.05) is 24.1 Å². The Kier molecular flexibility index (Phi) is 21.5. The van der Waals surface area contributed by atoms with E-state index in [0.717, 1.165) is 19.3 Å². The number of Topliss-reactive ketones (excluding diaryl/α,β-unsaturated/α-hetero) is 1. The maximum Gasteiger partial charge on any atom is 0.329 e. The van der Waals surface area contributed by atoms with Gasteiger partial charge in [-0.3, -0.25) is 9.59 Å². The van der Waals surface area contributed by atoms with Gasteiger partial charge in [0.2, 0.25) is 5.91 Å². The Balaban J connectivity index is 0.00000596. The first-order valence-corrected chi connectivity index (χ1v) is 14.3. The second kappa shape index (κ2) is 23.1. The summed E-state index contributed by atoms with van der Waals surface area (Å²) >= 11 is 0. The van der Waals surface area contributed by atoms with E-state index in [1.165, 1.54) is 64.2 Å². The number of hydrogen-bond acceptors (Lipinski definition) is 5. The van der Waals surface area contributed by atoms with E-state index in [1.807, 2.05) is 13.8 Å². The summed E-state index contributed by atoms with van der Waals surface area (Å²) < 4.78 is 5.06. The summed E-state index contributed by atoms with van der Waals surface area (Å²) in [5, 5.41) is 2.69. The van der Waals surface area contributed by atoms with Crippen molar-refractivity contribution < 1.29 is 19.1 Å². The summed E-state index contributed by atoms with van der Waals surface area (Å²) in [5.41, 5.74) is 6.58. The van der Waals surface area contributed by atoms with Crippen LogP contribution < -0.4 is 11.1 Å². The molecule has 1 amide bonds. The van der Waals surface area contributed by atoms with Crippen molar-refractivity contribution in [2.45, 2.75) is 130 Å². The van der Waals surface area contributed by atoms with E-state index in [9.17, 15) is 14.4 Å². The lowest BCUT2D eigenvalue weighted by molar-refractivity contribution is -0.147. The van der Waals surface area contributed by atoms with Gasteiger partial charge in [-0.15, -0.1) is 0 Å². The number of esters is 1. The number of carbonyl (C=O) groups is 3. The molecule has 0 radical (unpaired) electrons. The SMILES string of the molecule is CC.CCCCCCCCCCCCCCCC(=O)NC(CC(=O)c1ccccc1N)C(=O)OCC. The molecule has 206 valence electrons. The second-order valence-corrected chi connectivity index (χ2v) is 9.08. The lowest BCUT2D eigenvalue weighted by Gasteiger charge is -2.17. The van der Waals surface area contributed by atoms with Crippen molar-refractivity contribution in [3.63, 3.8) is 0 Å². The highest BCUT2D eigenvalue weighted by Gasteiger charge is 2.26. The highest BCUT2D eigenvalue weighted by atomic mass is 16.5. The van der Waals surface area contributed by atoms with E-state index < -0.39 is 12.0 Å². The van der Waals surface area contributed by atoms with E-state index in [0.29, 0.717) is 17.7 Å². The summed E-state index contributed by atoms with van der Waals surface area (Å²) in [6, 6.07) is 5.72. The van der Waals surface area contributed by atoms with E-state index in [2.05, 4.69) is 12.2 Å². The minimum absolute atomic E-state index is 0.169. The van der Waals surface area contributed by atoms with Crippen LogP contribution in [0, 0.1) is 0 Å². The smallest absolute Gasteiger partial charge is 0.329 e. The fourth-order valence-electron chi connectivity index (χ4n) is 4.05.